The fourth-order valence-electron chi connectivity index (χ4n) is 7.29. The molecule has 0 saturated carbocycles. The molecule has 0 aromatic rings. The molecule has 6 heteroatoms. The van der Waals surface area contributed by atoms with Crippen LogP contribution in [-0.2, 0) is 19.1 Å². The zero-order valence-corrected chi connectivity index (χ0v) is 39.0. The fourth-order valence-corrected chi connectivity index (χ4v) is 7.29. The van der Waals surface area contributed by atoms with E-state index in [1.165, 1.54) is 141 Å². The molecular formula is C49H102NO5+. The van der Waals surface area contributed by atoms with Gasteiger partial charge in [0.1, 0.15) is 12.6 Å². The Morgan fingerprint density at radius 2 is 0.800 bits per heavy atom. The Balaban J connectivity index is -0.00000652. The Morgan fingerprint density at radius 3 is 1.22 bits per heavy atom. The number of hydrogen-bond acceptors (Lipinski definition) is 5. The summed E-state index contributed by atoms with van der Waals surface area (Å²) in [5.41, 5.74) is 0. The van der Waals surface area contributed by atoms with E-state index in [-0.39, 0.29) is 24.6 Å². The first-order valence-corrected chi connectivity index (χ1v) is 24.7. The van der Waals surface area contributed by atoms with E-state index in [4.69, 9.17) is 9.47 Å². The highest BCUT2D eigenvalue weighted by atomic mass is 16.5. The third-order valence-corrected chi connectivity index (χ3v) is 10.9. The normalized spacial score (nSPS) is 12.0. The van der Waals surface area contributed by atoms with Crippen LogP contribution >= 0.6 is 0 Å². The molecule has 1 atom stereocenters. The van der Waals surface area contributed by atoms with Crippen molar-refractivity contribution in [3.05, 3.63) is 0 Å². The maximum Gasteiger partial charge on any atom is 0.306 e. The molecule has 0 aliphatic rings. The van der Waals surface area contributed by atoms with E-state index in [1.54, 1.807) is 0 Å². The van der Waals surface area contributed by atoms with Crippen LogP contribution in [0.15, 0.2) is 0 Å². The highest BCUT2D eigenvalue weighted by Gasteiger charge is 2.20. The largest absolute Gasteiger partial charge is 0.466 e. The second-order valence-corrected chi connectivity index (χ2v) is 16.1. The summed E-state index contributed by atoms with van der Waals surface area (Å²) in [6.45, 7) is 18.6. The Bertz CT molecular complexity index is 731. The van der Waals surface area contributed by atoms with Crippen LogP contribution in [0.1, 0.15) is 260 Å². The van der Waals surface area contributed by atoms with Gasteiger partial charge in [-0.3, -0.25) is 9.59 Å². The SMILES string of the molecule is CC.CC.CCCCCCCCCOC(=O)CCCCCCC[N+](C)(CCO)CCCCCCCC(=O)OC(CCCCCCCC)CCCCCCCC. The van der Waals surface area contributed by atoms with Crippen LogP contribution < -0.4 is 0 Å². The Kier molecular flexibility index (Phi) is 51.8. The number of likely N-dealkylation sites (N-methyl/N-ethyl adjacent to an activating group) is 1. The smallest absolute Gasteiger partial charge is 0.306 e. The number of unbranched alkanes of at least 4 members (excludes halogenated alkanes) is 24. The number of esters is 2. The van der Waals surface area contributed by atoms with Gasteiger partial charge in [0.2, 0.25) is 0 Å². The van der Waals surface area contributed by atoms with Crippen molar-refractivity contribution in [2.24, 2.45) is 0 Å². The van der Waals surface area contributed by atoms with Crippen molar-refractivity contribution in [1.29, 1.82) is 0 Å². The maximum atomic E-state index is 12.7. The molecule has 0 saturated heterocycles. The van der Waals surface area contributed by atoms with Crippen LogP contribution in [0.25, 0.3) is 0 Å². The molecule has 55 heavy (non-hydrogen) atoms. The predicted molar refractivity (Wildman–Crippen MR) is 241 cm³/mol. The highest BCUT2D eigenvalue weighted by Crippen LogP contribution is 2.19. The monoisotopic (exact) mass is 785 g/mol. The van der Waals surface area contributed by atoms with Gasteiger partial charge < -0.3 is 19.1 Å². The lowest BCUT2D eigenvalue weighted by Gasteiger charge is -2.34. The number of ether oxygens (including phenoxy) is 2. The minimum atomic E-state index is -0.0284. The van der Waals surface area contributed by atoms with E-state index in [1.807, 2.05) is 27.7 Å². The van der Waals surface area contributed by atoms with E-state index in [0.717, 1.165) is 81.9 Å². The van der Waals surface area contributed by atoms with Gasteiger partial charge in [-0.15, -0.1) is 0 Å². The molecule has 0 aliphatic heterocycles. The maximum absolute atomic E-state index is 12.7. The van der Waals surface area contributed by atoms with Crippen molar-refractivity contribution in [2.45, 2.75) is 266 Å². The van der Waals surface area contributed by atoms with Crippen molar-refractivity contribution in [1.82, 2.24) is 0 Å². The molecule has 1 N–H and O–H groups in total. The lowest BCUT2D eigenvalue weighted by atomic mass is 10.0. The molecule has 0 amide bonds. The standard InChI is InChI=1S/C45H90NO5.2C2H6/c1-5-8-11-14-17-26-33-42-50-44(48)36-29-22-18-24-31-38-46(4,40-41-47)39-32-25-19-23-30-37-45(49)51-43(34-27-20-15-12-9-6-2)35-28-21-16-13-10-7-3;2*1-2/h43,47H,5-42H2,1-4H3;2*1-2H3/q+1;;. The summed E-state index contributed by atoms with van der Waals surface area (Å²) in [4.78, 5) is 24.7. The number of aliphatic hydroxyl groups is 1. The van der Waals surface area contributed by atoms with E-state index in [0.29, 0.717) is 19.4 Å². The molecule has 0 aliphatic carbocycles. The van der Waals surface area contributed by atoms with Gasteiger partial charge in [-0.25, -0.2) is 0 Å². The lowest BCUT2D eigenvalue weighted by molar-refractivity contribution is -0.910. The second kappa shape index (κ2) is 49.0. The molecule has 1 unspecified atom stereocenters. The van der Waals surface area contributed by atoms with Gasteiger partial charge in [-0.05, 0) is 70.6 Å². The molecule has 0 heterocycles. The van der Waals surface area contributed by atoms with Crippen LogP contribution in [0.4, 0.5) is 0 Å². The van der Waals surface area contributed by atoms with Gasteiger partial charge in [0, 0.05) is 12.8 Å². The Hall–Kier alpha value is -1.14. The van der Waals surface area contributed by atoms with Crippen LogP contribution in [0.3, 0.4) is 0 Å². The molecule has 0 aromatic carbocycles. The quantitative estimate of drug-likeness (QED) is 0.0380. The van der Waals surface area contributed by atoms with Gasteiger partial charge in [0.05, 0.1) is 33.4 Å². The van der Waals surface area contributed by atoms with Gasteiger partial charge in [-0.1, -0.05) is 177 Å². The highest BCUT2D eigenvalue weighted by molar-refractivity contribution is 5.69. The third kappa shape index (κ3) is 45.4. The molecule has 0 fully saturated rings. The first-order valence-electron chi connectivity index (χ1n) is 24.7. The average molecular weight is 785 g/mol. The Labute approximate surface area is 346 Å². The molecule has 0 bridgehead atoms. The van der Waals surface area contributed by atoms with E-state index < -0.39 is 0 Å². The van der Waals surface area contributed by atoms with Crippen molar-refractivity contribution >= 4 is 11.9 Å². The minimum Gasteiger partial charge on any atom is -0.466 e. The summed E-state index contributed by atoms with van der Waals surface area (Å²) in [7, 11) is 2.29. The van der Waals surface area contributed by atoms with E-state index in [2.05, 4.69) is 27.8 Å². The number of carbonyl (C=O) groups is 2. The van der Waals surface area contributed by atoms with Crippen LogP contribution in [-0.4, -0.2) is 67.5 Å². The number of hydrogen-bond donors (Lipinski definition) is 1. The molecule has 0 spiro atoms. The van der Waals surface area contributed by atoms with Crippen LogP contribution in [0, 0.1) is 0 Å². The van der Waals surface area contributed by atoms with Gasteiger partial charge in [-0.2, -0.15) is 0 Å². The molecule has 332 valence electrons. The number of carbonyl (C=O) groups excluding carboxylic acids is 2. The number of nitrogens with zero attached hydrogens (tertiary/aromatic N) is 1. The van der Waals surface area contributed by atoms with Gasteiger partial charge >= 0.3 is 11.9 Å². The van der Waals surface area contributed by atoms with E-state index in [9.17, 15) is 14.7 Å². The van der Waals surface area contributed by atoms with Crippen LogP contribution in [0.5, 0.6) is 0 Å². The van der Waals surface area contributed by atoms with Crippen molar-refractivity contribution in [3.8, 4) is 0 Å². The van der Waals surface area contributed by atoms with Gasteiger partial charge in [0.15, 0.2) is 0 Å². The second-order valence-electron chi connectivity index (χ2n) is 16.1. The summed E-state index contributed by atoms with van der Waals surface area (Å²) in [6, 6.07) is 0. The Morgan fingerprint density at radius 1 is 0.455 bits per heavy atom. The summed E-state index contributed by atoms with van der Waals surface area (Å²) < 4.78 is 12.4. The summed E-state index contributed by atoms with van der Waals surface area (Å²) in [5.74, 6) is -0.0118. The zero-order chi connectivity index (χ0) is 41.5. The topological polar surface area (TPSA) is 72.8 Å². The predicted octanol–water partition coefficient (Wildman–Crippen LogP) is 14.9. The minimum absolute atomic E-state index is 0.0166. The molecular weight excluding hydrogens is 683 g/mol. The van der Waals surface area contributed by atoms with Crippen molar-refractivity contribution in [2.75, 3.05) is 39.9 Å². The number of quaternary nitrogens is 1. The summed E-state index contributed by atoms with van der Waals surface area (Å²) >= 11 is 0. The van der Waals surface area contributed by atoms with Crippen molar-refractivity contribution in [3.63, 3.8) is 0 Å². The molecule has 0 rings (SSSR count). The zero-order valence-electron chi connectivity index (χ0n) is 39.0. The first-order chi connectivity index (χ1) is 26.9. The molecule has 0 radical (unpaired) electrons. The fraction of sp³-hybridized carbons (Fsp3) is 0.959. The third-order valence-electron chi connectivity index (χ3n) is 10.9. The summed E-state index contributed by atoms with van der Waals surface area (Å²) in [6.07, 6.45) is 38.4. The van der Waals surface area contributed by atoms with Crippen LogP contribution in [0.2, 0.25) is 0 Å². The molecule has 0 aromatic heterocycles. The first kappa shape index (κ1) is 58.2. The van der Waals surface area contributed by atoms with Gasteiger partial charge in [0.25, 0.3) is 0 Å². The molecule has 6 nitrogen and oxygen atoms in total. The number of aliphatic hydroxyl groups excluding tert-OH is 1. The average Bonchev–Trinajstić information content (AvgIpc) is 3.19. The lowest BCUT2D eigenvalue weighted by Crippen LogP contribution is -2.47. The number of rotatable bonds is 41. The van der Waals surface area contributed by atoms with E-state index >= 15 is 0 Å². The van der Waals surface area contributed by atoms with Crippen molar-refractivity contribution < 1.29 is 28.7 Å². The summed E-state index contributed by atoms with van der Waals surface area (Å²) in [5, 5.41) is 9.73.